The molecule has 0 atom stereocenters. The van der Waals surface area contributed by atoms with Gasteiger partial charge in [0.2, 0.25) is 0 Å². The number of benzene rings is 1. The molecule has 2 aliphatic rings. The number of likely N-dealkylation sites (tertiary alicyclic amines) is 1. The van der Waals surface area contributed by atoms with Gasteiger partial charge in [-0.05, 0) is 18.9 Å². The zero-order valence-electron chi connectivity index (χ0n) is 16.4. The monoisotopic (exact) mass is 387 g/mol. The van der Waals surface area contributed by atoms with Gasteiger partial charge in [-0.1, -0.05) is 0 Å². The molecule has 1 aromatic heterocycles. The van der Waals surface area contributed by atoms with Crippen molar-refractivity contribution in [3.8, 4) is 11.5 Å². The number of ether oxygens (including phenoxy) is 2. The highest BCUT2D eigenvalue weighted by Gasteiger charge is 2.19. The van der Waals surface area contributed by atoms with Crippen LogP contribution >= 0.6 is 0 Å². The Labute approximate surface area is 165 Å². The summed E-state index contributed by atoms with van der Waals surface area (Å²) in [5.74, 6) is 2.35. The molecule has 0 spiro atoms. The molecule has 0 unspecified atom stereocenters. The minimum absolute atomic E-state index is 0.151. The Kier molecular flexibility index (Phi) is 6.09. The Balaban J connectivity index is 1.49. The molecule has 2 aliphatic heterocycles. The molecule has 0 saturated carbocycles. The van der Waals surface area contributed by atoms with Crippen LogP contribution in [0.4, 0.5) is 5.82 Å². The van der Waals surface area contributed by atoms with Crippen LogP contribution in [0.1, 0.15) is 12.8 Å². The first-order chi connectivity index (χ1) is 13.7. The lowest BCUT2D eigenvalue weighted by Gasteiger charge is -2.29. The number of aliphatic hydroxyl groups is 1. The molecule has 0 bridgehead atoms. The van der Waals surface area contributed by atoms with E-state index in [-0.39, 0.29) is 6.10 Å². The van der Waals surface area contributed by atoms with Crippen molar-refractivity contribution in [2.24, 2.45) is 0 Å². The normalized spacial score (nSPS) is 19.1. The first kappa shape index (κ1) is 19.2. The predicted octanol–water partition coefficient (Wildman–Crippen LogP) is 0.884. The van der Waals surface area contributed by atoms with Gasteiger partial charge in [-0.25, -0.2) is 9.97 Å². The summed E-state index contributed by atoms with van der Waals surface area (Å²) in [6.45, 7) is 7.02. The van der Waals surface area contributed by atoms with Crippen LogP contribution in [0.15, 0.2) is 18.5 Å². The summed E-state index contributed by atoms with van der Waals surface area (Å²) < 4.78 is 11.6. The van der Waals surface area contributed by atoms with Crippen molar-refractivity contribution in [3.05, 3.63) is 18.5 Å². The molecule has 2 saturated heterocycles. The molecular formula is C20H29N5O3. The third kappa shape index (κ3) is 4.29. The first-order valence-corrected chi connectivity index (χ1v) is 10.1. The minimum Gasteiger partial charge on any atom is -0.493 e. The highest BCUT2D eigenvalue weighted by atomic mass is 16.5. The van der Waals surface area contributed by atoms with Crippen molar-refractivity contribution in [1.82, 2.24) is 20.2 Å². The Morgan fingerprint density at radius 2 is 1.89 bits per heavy atom. The quantitative estimate of drug-likeness (QED) is 0.756. The Morgan fingerprint density at radius 1 is 1.11 bits per heavy atom. The number of rotatable bonds is 6. The number of hydrogen-bond acceptors (Lipinski definition) is 8. The molecule has 0 radical (unpaired) electrons. The predicted molar refractivity (Wildman–Crippen MR) is 108 cm³/mol. The highest BCUT2D eigenvalue weighted by molar-refractivity contribution is 5.92. The molecule has 28 heavy (non-hydrogen) atoms. The van der Waals surface area contributed by atoms with E-state index in [4.69, 9.17) is 9.47 Å². The average molecular weight is 387 g/mol. The lowest BCUT2D eigenvalue weighted by Crippen LogP contribution is -2.44. The number of piperazine rings is 1. The Morgan fingerprint density at radius 3 is 2.64 bits per heavy atom. The van der Waals surface area contributed by atoms with Crippen molar-refractivity contribution < 1.29 is 14.6 Å². The number of anilines is 1. The summed E-state index contributed by atoms with van der Waals surface area (Å²) >= 11 is 0. The fraction of sp³-hybridized carbons (Fsp3) is 0.600. The number of hydrogen-bond donors (Lipinski definition) is 2. The zero-order chi connectivity index (χ0) is 19.3. The van der Waals surface area contributed by atoms with Gasteiger partial charge in [-0.3, -0.25) is 4.90 Å². The number of nitrogens with one attached hydrogen (secondary N) is 1. The summed E-state index contributed by atoms with van der Waals surface area (Å²) in [5.41, 5.74) is 0.862. The fourth-order valence-electron chi connectivity index (χ4n) is 3.88. The van der Waals surface area contributed by atoms with Gasteiger partial charge in [0, 0.05) is 57.3 Å². The molecule has 1 aromatic carbocycles. The fourth-order valence-corrected chi connectivity index (χ4v) is 3.88. The van der Waals surface area contributed by atoms with Crippen LogP contribution in [-0.2, 0) is 0 Å². The van der Waals surface area contributed by atoms with E-state index in [9.17, 15) is 5.11 Å². The van der Waals surface area contributed by atoms with Gasteiger partial charge in [-0.15, -0.1) is 0 Å². The van der Waals surface area contributed by atoms with Crippen LogP contribution in [0, 0.1) is 0 Å². The summed E-state index contributed by atoms with van der Waals surface area (Å²) in [7, 11) is 1.66. The molecule has 2 N–H and O–H groups in total. The van der Waals surface area contributed by atoms with E-state index < -0.39 is 0 Å². The summed E-state index contributed by atoms with van der Waals surface area (Å²) in [6.07, 6.45) is 3.15. The van der Waals surface area contributed by atoms with Gasteiger partial charge in [0.05, 0.1) is 18.7 Å². The topological polar surface area (TPSA) is 83.0 Å². The van der Waals surface area contributed by atoms with E-state index in [2.05, 4.69) is 25.1 Å². The number of aromatic nitrogens is 2. The third-order valence-corrected chi connectivity index (χ3v) is 5.54. The van der Waals surface area contributed by atoms with Crippen molar-refractivity contribution in [2.45, 2.75) is 18.9 Å². The van der Waals surface area contributed by atoms with Crippen LogP contribution in [0.5, 0.6) is 11.5 Å². The first-order valence-electron chi connectivity index (χ1n) is 10.1. The smallest absolute Gasteiger partial charge is 0.163 e. The van der Waals surface area contributed by atoms with E-state index in [0.29, 0.717) is 18.1 Å². The number of piperidine rings is 1. The number of fused-ring (bicyclic) bond motifs is 1. The summed E-state index contributed by atoms with van der Waals surface area (Å²) in [5, 5.41) is 14.0. The van der Waals surface area contributed by atoms with Crippen LogP contribution in [-0.4, -0.2) is 85.6 Å². The minimum atomic E-state index is -0.151. The Hall–Kier alpha value is -2.16. The third-order valence-electron chi connectivity index (χ3n) is 5.54. The molecule has 8 heteroatoms. The van der Waals surface area contributed by atoms with Gasteiger partial charge >= 0.3 is 0 Å². The average Bonchev–Trinajstić information content (AvgIpc) is 2.74. The van der Waals surface area contributed by atoms with Crippen molar-refractivity contribution in [1.29, 1.82) is 0 Å². The maximum absolute atomic E-state index is 9.62. The number of aliphatic hydroxyl groups excluding tert-OH is 1. The van der Waals surface area contributed by atoms with E-state index in [1.54, 1.807) is 13.4 Å². The standard InChI is InChI=1S/C20H29N5O3/c1-27-18-12-16-17(22-14-23-20(16)25-8-4-21-5-9-25)13-19(18)28-11-10-24-6-2-15(26)3-7-24/h12-15,21,26H,2-11H2,1H3. The van der Waals surface area contributed by atoms with E-state index >= 15 is 0 Å². The molecule has 8 nitrogen and oxygen atoms in total. The van der Waals surface area contributed by atoms with Crippen LogP contribution in [0.3, 0.4) is 0 Å². The Bertz CT molecular complexity index is 789. The molecule has 2 aromatic rings. The molecule has 0 aliphatic carbocycles. The van der Waals surface area contributed by atoms with E-state index in [0.717, 1.165) is 75.4 Å². The highest BCUT2D eigenvalue weighted by Crippen LogP contribution is 2.35. The van der Waals surface area contributed by atoms with Crippen LogP contribution < -0.4 is 19.7 Å². The van der Waals surface area contributed by atoms with Gasteiger partial charge in [0.25, 0.3) is 0 Å². The van der Waals surface area contributed by atoms with Crippen LogP contribution in [0.25, 0.3) is 10.9 Å². The van der Waals surface area contributed by atoms with Crippen molar-refractivity contribution >= 4 is 16.7 Å². The second-order valence-corrected chi connectivity index (χ2v) is 7.38. The van der Waals surface area contributed by atoms with E-state index in [1.165, 1.54) is 0 Å². The second kappa shape index (κ2) is 8.89. The summed E-state index contributed by atoms with van der Waals surface area (Å²) in [4.78, 5) is 13.6. The van der Waals surface area contributed by atoms with Crippen LogP contribution in [0.2, 0.25) is 0 Å². The molecule has 152 valence electrons. The molecule has 0 amide bonds. The second-order valence-electron chi connectivity index (χ2n) is 7.38. The maximum Gasteiger partial charge on any atom is 0.163 e. The largest absolute Gasteiger partial charge is 0.493 e. The van der Waals surface area contributed by atoms with E-state index in [1.807, 2.05) is 12.1 Å². The lowest BCUT2D eigenvalue weighted by molar-refractivity contribution is 0.0753. The maximum atomic E-state index is 9.62. The van der Waals surface area contributed by atoms with Crippen molar-refractivity contribution in [2.75, 3.05) is 64.4 Å². The SMILES string of the molecule is COc1cc2c(N3CCNCC3)ncnc2cc1OCCN1CCC(O)CC1. The zero-order valence-corrected chi connectivity index (χ0v) is 16.4. The van der Waals surface area contributed by atoms with Gasteiger partial charge in [0.1, 0.15) is 18.8 Å². The molecule has 2 fully saturated rings. The molecule has 4 rings (SSSR count). The number of methoxy groups -OCH3 is 1. The van der Waals surface area contributed by atoms with Gasteiger partial charge in [-0.2, -0.15) is 0 Å². The number of nitrogens with zero attached hydrogens (tertiary/aromatic N) is 4. The lowest BCUT2D eigenvalue weighted by atomic mass is 10.1. The molecular weight excluding hydrogens is 358 g/mol. The van der Waals surface area contributed by atoms with Crippen molar-refractivity contribution in [3.63, 3.8) is 0 Å². The van der Waals surface area contributed by atoms with Gasteiger partial charge in [0.15, 0.2) is 11.5 Å². The molecule has 3 heterocycles. The van der Waals surface area contributed by atoms with Gasteiger partial charge < -0.3 is 24.8 Å². The summed E-state index contributed by atoms with van der Waals surface area (Å²) in [6, 6.07) is 3.93.